The maximum Gasteiger partial charge on any atom is 0.320 e. The second-order valence-corrected chi connectivity index (χ2v) is 7.09. The summed E-state index contributed by atoms with van der Waals surface area (Å²) in [6, 6.07) is 12.1. The van der Waals surface area contributed by atoms with Gasteiger partial charge in [-0.2, -0.15) is 8.78 Å². The maximum atomic E-state index is 13.2. The molecule has 3 aromatic heterocycles. The van der Waals surface area contributed by atoms with Gasteiger partial charge in [0.25, 0.3) is 5.91 Å². The summed E-state index contributed by atoms with van der Waals surface area (Å²) in [6.07, 6.45) is 4.01. The zero-order chi connectivity index (χ0) is 21.1. The van der Waals surface area contributed by atoms with E-state index < -0.39 is 12.5 Å². The summed E-state index contributed by atoms with van der Waals surface area (Å²) in [5, 5.41) is 2.94. The minimum Gasteiger partial charge on any atom is -0.438 e. The first kappa shape index (κ1) is 19.6. The molecule has 0 spiro atoms. The molecule has 0 saturated carbocycles. The quantitative estimate of drug-likeness (QED) is 0.460. The average molecular weight is 427 g/mol. The molecule has 4 rings (SSSR count). The molecule has 0 aliphatic carbocycles. The minimum atomic E-state index is -2.73. The number of amides is 1. The second kappa shape index (κ2) is 8.37. The van der Waals surface area contributed by atoms with Crippen molar-refractivity contribution in [3.8, 4) is 22.3 Å². The number of para-hydroxylation sites is 1. The zero-order valence-corrected chi connectivity index (χ0v) is 16.4. The number of aromatic nitrogens is 4. The summed E-state index contributed by atoms with van der Waals surface area (Å²) >= 11 is 1.06. The Hall–Kier alpha value is -3.66. The van der Waals surface area contributed by atoms with Gasteiger partial charge in [0.05, 0.1) is 10.6 Å². The molecule has 4 aromatic rings. The molecule has 1 N–H and O–H groups in total. The van der Waals surface area contributed by atoms with Gasteiger partial charge < -0.3 is 4.74 Å². The van der Waals surface area contributed by atoms with Crippen LogP contribution in [-0.4, -0.2) is 25.4 Å². The van der Waals surface area contributed by atoms with Crippen LogP contribution in [0.15, 0.2) is 61.1 Å². The summed E-state index contributed by atoms with van der Waals surface area (Å²) < 4.78 is 32.8. The van der Waals surface area contributed by atoms with Crippen molar-refractivity contribution in [1.29, 1.82) is 0 Å². The molecule has 152 valence electrons. The lowest BCUT2D eigenvalue weighted by atomic mass is 10.2. The highest BCUT2D eigenvalue weighted by Gasteiger charge is 2.21. The molecule has 0 unspecified atom stereocenters. The fourth-order valence-corrected chi connectivity index (χ4v) is 3.68. The predicted molar refractivity (Wildman–Crippen MR) is 108 cm³/mol. The number of nitrogens with one attached hydrogen (secondary N) is 1. The number of nitrogens with zero attached hydrogens (tertiary/aromatic N) is 4. The van der Waals surface area contributed by atoms with Crippen LogP contribution in [0.2, 0.25) is 0 Å². The van der Waals surface area contributed by atoms with Crippen LogP contribution in [0.5, 0.6) is 11.6 Å². The normalized spacial score (nSPS) is 10.9. The summed E-state index contributed by atoms with van der Waals surface area (Å²) in [5.74, 6) is 0.293. The topological polar surface area (TPSA) is 81.9 Å². The van der Waals surface area contributed by atoms with Crippen LogP contribution in [0.1, 0.15) is 22.6 Å². The van der Waals surface area contributed by atoms with Crippen molar-refractivity contribution in [2.75, 3.05) is 5.32 Å². The highest BCUT2D eigenvalue weighted by Crippen LogP contribution is 2.34. The lowest BCUT2D eigenvalue weighted by Gasteiger charge is -2.09. The van der Waals surface area contributed by atoms with Crippen molar-refractivity contribution in [3.63, 3.8) is 0 Å². The Morgan fingerprint density at radius 3 is 2.70 bits per heavy atom. The first-order chi connectivity index (χ1) is 14.5. The summed E-state index contributed by atoms with van der Waals surface area (Å²) in [4.78, 5) is 25.6. The van der Waals surface area contributed by atoms with Gasteiger partial charge in [-0.3, -0.25) is 14.7 Å². The standard InChI is InChI=1S/C20H15F2N5O2S/c1-12-15(16-23-10-11-27(16)19(21)22)30-20(25-12)26-17(28)14-8-5-9-24-18(14)29-13-6-3-2-4-7-13/h2-11,19H,1H3,(H,25,26,28). The summed E-state index contributed by atoms with van der Waals surface area (Å²) in [7, 11) is 0. The van der Waals surface area contributed by atoms with Crippen LogP contribution in [0, 0.1) is 6.92 Å². The van der Waals surface area contributed by atoms with Gasteiger partial charge in [0.1, 0.15) is 11.3 Å². The van der Waals surface area contributed by atoms with Crippen molar-refractivity contribution in [2.24, 2.45) is 0 Å². The fraction of sp³-hybridized carbons (Fsp3) is 0.100. The lowest BCUT2D eigenvalue weighted by molar-refractivity contribution is 0.0720. The Bertz CT molecular complexity index is 1180. The van der Waals surface area contributed by atoms with E-state index in [-0.39, 0.29) is 22.4 Å². The van der Waals surface area contributed by atoms with E-state index in [2.05, 4.69) is 20.3 Å². The van der Waals surface area contributed by atoms with E-state index in [0.29, 0.717) is 16.3 Å². The first-order valence-corrected chi connectivity index (χ1v) is 9.62. The highest BCUT2D eigenvalue weighted by atomic mass is 32.1. The van der Waals surface area contributed by atoms with E-state index in [0.717, 1.165) is 15.9 Å². The number of anilines is 1. The zero-order valence-electron chi connectivity index (χ0n) is 15.6. The summed E-state index contributed by atoms with van der Waals surface area (Å²) in [5.41, 5.74) is 0.695. The average Bonchev–Trinajstić information content (AvgIpc) is 3.35. The molecule has 0 bridgehead atoms. The van der Waals surface area contributed by atoms with E-state index in [1.165, 1.54) is 18.6 Å². The molecular weight excluding hydrogens is 412 g/mol. The Kier molecular flexibility index (Phi) is 5.48. The number of pyridine rings is 1. The number of benzene rings is 1. The first-order valence-electron chi connectivity index (χ1n) is 8.81. The molecule has 3 heterocycles. The maximum absolute atomic E-state index is 13.2. The predicted octanol–water partition coefficient (Wildman–Crippen LogP) is 5.15. The molecule has 0 aliphatic rings. The number of rotatable bonds is 6. The van der Waals surface area contributed by atoms with Crippen molar-refractivity contribution in [3.05, 3.63) is 72.3 Å². The van der Waals surface area contributed by atoms with Gasteiger partial charge in [0, 0.05) is 18.6 Å². The Morgan fingerprint density at radius 2 is 1.93 bits per heavy atom. The molecule has 0 radical (unpaired) electrons. The molecule has 0 fully saturated rings. The number of carbonyl (C=O) groups is 1. The van der Waals surface area contributed by atoms with Gasteiger partial charge in [-0.1, -0.05) is 29.5 Å². The van der Waals surface area contributed by atoms with Gasteiger partial charge >= 0.3 is 6.55 Å². The van der Waals surface area contributed by atoms with Gasteiger partial charge in [-0.25, -0.2) is 15.0 Å². The number of ether oxygens (including phenoxy) is 1. The Balaban J connectivity index is 1.58. The van der Waals surface area contributed by atoms with Gasteiger partial charge in [-0.15, -0.1) is 0 Å². The highest BCUT2D eigenvalue weighted by molar-refractivity contribution is 7.19. The molecule has 1 aromatic carbocycles. The number of thiazole rings is 1. The molecule has 0 saturated heterocycles. The molecule has 7 nitrogen and oxygen atoms in total. The molecule has 0 aliphatic heterocycles. The third kappa shape index (κ3) is 4.03. The number of carbonyl (C=O) groups excluding carboxylic acids is 1. The van der Waals surface area contributed by atoms with Crippen LogP contribution in [-0.2, 0) is 0 Å². The van der Waals surface area contributed by atoms with Crippen molar-refractivity contribution in [1.82, 2.24) is 19.5 Å². The summed E-state index contributed by atoms with van der Waals surface area (Å²) in [6.45, 7) is -1.06. The third-order valence-electron chi connectivity index (χ3n) is 4.07. The van der Waals surface area contributed by atoms with Gasteiger partial charge in [0.2, 0.25) is 5.88 Å². The van der Waals surface area contributed by atoms with Gasteiger partial charge in [-0.05, 0) is 31.2 Å². The van der Waals surface area contributed by atoms with Crippen LogP contribution in [0.3, 0.4) is 0 Å². The second-order valence-electron chi connectivity index (χ2n) is 6.09. The van der Waals surface area contributed by atoms with Crippen LogP contribution in [0.4, 0.5) is 13.9 Å². The number of aryl methyl sites for hydroxylation is 1. The SMILES string of the molecule is Cc1nc(NC(=O)c2cccnc2Oc2ccccc2)sc1-c1nccn1C(F)F. The molecular formula is C20H15F2N5O2S. The smallest absolute Gasteiger partial charge is 0.320 e. The number of alkyl halides is 2. The number of hydrogen-bond donors (Lipinski definition) is 1. The van der Waals surface area contributed by atoms with E-state index >= 15 is 0 Å². The van der Waals surface area contributed by atoms with Crippen molar-refractivity contribution < 1.29 is 18.3 Å². The van der Waals surface area contributed by atoms with Crippen LogP contribution in [0.25, 0.3) is 10.7 Å². The molecule has 1 amide bonds. The molecule has 30 heavy (non-hydrogen) atoms. The Morgan fingerprint density at radius 1 is 1.13 bits per heavy atom. The van der Waals surface area contributed by atoms with Gasteiger partial charge in [0.15, 0.2) is 11.0 Å². The molecule has 10 heteroatoms. The van der Waals surface area contributed by atoms with Crippen LogP contribution < -0.4 is 10.1 Å². The van der Waals surface area contributed by atoms with Crippen molar-refractivity contribution in [2.45, 2.75) is 13.5 Å². The largest absolute Gasteiger partial charge is 0.438 e. The molecule has 0 atom stereocenters. The van der Waals surface area contributed by atoms with E-state index in [9.17, 15) is 13.6 Å². The van der Waals surface area contributed by atoms with E-state index in [1.807, 2.05) is 6.07 Å². The Labute approximate surface area is 174 Å². The third-order valence-corrected chi connectivity index (χ3v) is 5.14. The number of hydrogen-bond acceptors (Lipinski definition) is 6. The minimum absolute atomic E-state index is 0.0926. The monoisotopic (exact) mass is 427 g/mol. The number of imidazole rings is 1. The van der Waals surface area contributed by atoms with E-state index in [4.69, 9.17) is 4.74 Å². The number of halogens is 2. The van der Waals surface area contributed by atoms with E-state index in [1.54, 1.807) is 43.3 Å². The van der Waals surface area contributed by atoms with Crippen molar-refractivity contribution >= 4 is 22.4 Å². The lowest BCUT2D eigenvalue weighted by Crippen LogP contribution is -2.13. The van der Waals surface area contributed by atoms with Crippen LogP contribution >= 0.6 is 11.3 Å². The fourth-order valence-electron chi connectivity index (χ4n) is 2.71.